The molecular formula is C56H70N10O6. The fourth-order valence-corrected chi connectivity index (χ4v) is 13.3. The van der Waals surface area contributed by atoms with Crippen molar-refractivity contribution < 1.29 is 28.7 Å². The number of imidazole rings is 1. The molecule has 1 spiro atoms. The van der Waals surface area contributed by atoms with Crippen LogP contribution in [0.1, 0.15) is 140 Å². The van der Waals surface area contributed by atoms with Crippen LogP contribution in [0.2, 0.25) is 0 Å². The third kappa shape index (κ3) is 8.42. The van der Waals surface area contributed by atoms with E-state index in [1.165, 1.54) is 19.3 Å². The number of amides is 5. The van der Waals surface area contributed by atoms with Gasteiger partial charge in [0.2, 0.25) is 35.4 Å². The van der Waals surface area contributed by atoms with Gasteiger partial charge in [0.1, 0.15) is 17.4 Å². The van der Waals surface area contributed by atoms with Crippen molar-refractivity contribution in [2.75, 3.05) is 62.2 Å². The Balaban J connectivity index is 0.705. The average molecular weight is 979 g/mol. The largest absolute Gasteiger partial charge is 0.473 e. The third-order valence-electron chi connectivity index (χ3n) is 18.1. The van der Waals surface area contributed by atoms with Gasteiger partial charge in [-0.15, -0.1) is 0 Å². The quantitative estimate of drug-likeness (QED) is 0.164. The van der Waals surface area contributed by atoms with Gasteiger partial charge in [0.15, 0.2) is 0 Å². The summed E-state index contributed by atoms with van der Waals surface area (Å²) in [5, 5.41) is 2.43. The minimum atomic E-state index is -0.698. The van der Waals surface area contributed by atoms with Gasteiger partial charge in [-0.3, -0.25) is 29.3 Å². The molecule has 3 aromatic heterocycles. The number of hydrogen-bond acceptors (Lipinski definition) is 11. The van der Waals surface area contributed by atoms with Gasteiger partial charge in [0.05, 0.1) is 28.9 Å². The molecule has 0 bridgehead atoms. The zero-order valence-corrected chi connectivity index (χ0v) is 42.3. The Morgan fingerprint density at radius 3 is 2.21 bits per heavy atom. The number of piperidine rings is 5. The molecular weight excluding hydrogens is 909 g/mol. The Hall–Kier alpha value is -5.90. The van der Waals surface area contributed by atoms with E-state index in [9.17, 15) is 19.2 Å². The Bertz CT molecular complexity index is 2770. The molecule has 16 heteroatoms. The number of anilines is 2. The van der Waals surface area contributed by atoms with Crippen molar-refractivity contribution in [2.45, 2.75) is 153 Å². The number of nitrogens with one attached hydrogen (secondary N) is 1. The number of pyridine rings is 2. The normalized spacial score (nSPS) is 25.8. The SMILES string of the molecule is CC(C)n1cnc2cc(-c3ccc4c(c3)N([C@H]3C[C@@H](N5CCCCC5)C3)C(=O)C43CCN(C(=O)C4(C)CCN(C(=O)C5CCN(c6ccc(C7CCC(=O)NC7=O)cn6)CC5)CC4)CC3)nc(OC3CC3)c21. The molecule has 72 heavy (non-hydrogen) atoms. The zero-order chi connectivity index (χ0) is 49.5. The minimum Gasteiger partial charge on any atom is -0.473 e. The first kappa shape index (κ1) is 47.1. The second kappa shape index (κ2) is 18.5. The van der Waals surface area contributed by atoms with E-state index in [4.69, 9.17) is 14.7 Å². The van der Waals surface area contributed by atoms with E-state index in [0.29, 0.717) is 89.7 Å². The molecule has 0 radical (unpaired) electrons. The van der Waals surface area contributed by atoms with Crippen LogP contribution in [0, 0.1) is 11.3 Å². The van der Waals surface area contributed by atoms with E-state index < -0.39 is 10.8 Å². The maximum absolute atomic E-state index is 15.3. The van der Waals surface area contributed by atoms with Gasteiger partial charge in [-0.25, -0.2) is 15.0 Å². The number of ether oxygens (including phenoxy) is 1. The number of carbonyl (C=O) groups is 5. The average Bonchev–Trinajstić information content (AvgIpc) is 4.05. The lowest BCUT2D eigenvalue weighted by Crippen LogP contribution is -2.59. The molecule has 2 saturated carbocycles. The van der Waals surface area contributed by atoms with E-state index in [1.54, 1.807) is 6.20 Å². The fraction of sp³-hybridized carbons (Fsp3) is 0.607. The van der Waals surface area contributed by atoms with Gasteiger partial charge in [-0.05, 0) is 140 Å². The highest BCUT2D eigenvalue weighted by atomic mass is 16.5. The topological polar surface area (TPSA) is 166 Å². The molecule has 5 amide bonds. The number of carbonyl (C=O) groups excluding carboxylic acids is 5. The lowest BCUT2D eigenvalue weighted by molar-refractivity contribution is -0.150. The number of nitrogens with zero attached hydrogens (tertiary/aromatic N) is 9. The molecule has 7 fully saturated rings. The third-order valence-corrected chi connectivity index (χ3v) is 18.1. The fourth-order valence-electron chi connectivity index (χ4n) is 13.3. The highest BCUT2D eigenvalue weighted by Gasteiger charge is 2.56. The van der Waals surface area contributed by atoms with Crippen molar-refractivity contribution in [3.8, 4) is 17.1 Å². The molecule has 5 saturated heterocycles. The molecule has 380 valence electrons. The smallest absolute Gasteiger partial charge is 0.241 e. The van der Waals surface area contributed by atoms with Gasteiger partial charge in [-0.2, -0.15) is 0 Å². The zero-order valence-electron chi connectivity index (χ0n) is 42.3. The lowest BCUT2D eigenvalue weighted by atomic mass is 9.72. The summed E-state index contributed by atoms with van der Waals surface area (Å²) < 4.78 is 8.59. The molecule has 1 atom stereocenters. The number of hydrogen-bond donors (Lipinski definition) is 1. The van der Waals surface area contributed by atoms with Gasteiger partial charge in [0, 0.05) is 92.6 Å². The molecule has 9 heterocycles. The molecule has 1 N–H and O–H groups in total. The van der Waals surface area contributed by atoms with Crippen LogP contribution in [0.4, 0.5) is 11.5 Å². The first-order valence-corrected chi connectivity index (χ1v) is 27.3. The molecule has 1 unspecified atom stereocenters. The summed E-state index contributed by atoms with van der Waals surface area (Å²) in [7, 11) is 0. The first-order valence-electron chi connectivity index (χ1n) is 27.3. The summed E-state index contributed by atoms with van der Waals surface area (Å²) >= 11 is 0. The Morgan fingerprint density at radius 2 is 1.53 bits per heavy atom. The highest BCUT2D eigenvalue weighted by molar-refractivity contribution is 6.09. The van der Waals surface area contributed by atoms with Crippen LogP contribution >= 0.6 is 0 Å². The van der Waals surface area contributed by atoms with Gasteiger partial charge in [-0.1, -0.05) is 31.5 Å². The van der Waals surface area contributed by atoms with E-state index >= 15 is 4.79 Å². The Kier molecular flexibility index (Phi) is 12.1. The molecule has 8 aliphatic rings. The Morgan fingerprint density at radius 1 is 0.792 bits per heavy atom. The van der Waals surface area contributed by atoms with Crippen molar-refractivity contribution in [3.05, 3.63) is 60.0 Å². The van der Waals surface area contributed by atoms with Crippen molar-refractivity contribution in [3.63, 3.8) is 0 Å². The van der Waals surface area contributed by atoms with Gasteiger partial charge in [0.25, 0.3) is 0 Å². The number of imide groups is 1. The minimum absolute atomic E-state index is 0.0753. The van der Waals surface area contributed by atoms with E-state index in [1.807, 2.05) is 28.3 Å². The summed E-state index contributed by atoms with van der Waals surface area (Å²) in [5.41, 5.74) is 5.11. The predicted molar refractivity (Wildman–Crippen MR) is 272 cm³/mol. The van der Waals surface area contributed by atoms with E-state index in [2.05, 4.69) is 74.6 Å². The summed E-state index contributed by atoms with van der Waals surface area (Å²) in [6.07, 6.45) is 16.3. The standard InChI is InChI=1S/C56H70N10O6/c1-35(2)65-34-58-45-32-44(59-51(49(45)65)72-41-9-10-41)37-7-12-43-46(29-37)66(40-30-39(31-40)61-21-5-4-6-22-61)54(71)56(43)19-27-64(28-20-56)53(70)55(3)17-25-63(26-18-55)52(69)36-15-23-62(24-16-36)47-13-8-38(33-57-47)42-11-14-48(67)60-50(42)68/h7-8,12-13,29,32-36,39-42H,4-6,9-11,14-28,30-31H2,1-3H3,(H,60,67,68)/t39-,40+,42?. The van der Waals surface area contributed by atoms with Crippen LogP contribution in [-0.2, 0) is 29.4 Å². The van der Waals surface area contributed by atoms with Crippen LogP contribution in [-0.4, -0.2) is 134 Å². The Labute approximate surface area is 422 Å². The number of fused-ring (bicyclic) bond motifs is 3. The highest BCUT2D eigenvalue weighted by Crippen LogP contribution is 2.53. The molecule has 2 aliphatic carbocycles. The predicted octanol–water partition coefficient (Wildman–Crippen LogP) is 6.90. The maximum Gasteiger partial charge on any atom is 0.241 e. The lowest BCUT2D eigenvalue weighted by Gasteiger charge is -2.48. The second-order valence-corrected chi connectivity index (χ2v) is 23.0. The molecule has 4 aromatic rings. The summed E-state index contributed by atoms with van der Waals surface area (Å²) in [6, 6.07) is 13.3. The maximum atomic E-state index is 15.3. The summed E-state index contributed by atoms with van der Waals surface area (Å²) in [5.74, 6) is 1.01. The summed E-state index contributed by atoms with van der Waals surface area (Å²) in [6.45, 7) is 12.2. The monoisotopic (exact) mass is 979 g/mol. The van der Waals surface area contributed by atoms with Crippen LogP contribution in [0.5, 0.6) is 5.88 Å². The van der Waals surface area contributed by atoms with E-state index in [0.717, 1.165) is 96.5 Å². The number of benzene rings is 1. The first-order chi connectivity index (χ1) is 34.9. The van der Waals surface area contributed by atoms with Crippen molar-refractivity contribution in [2.24, 2.45) is 11.3 Å². The summed E-state index contributed by atoms with van der Waals surface area (Å²) in [4.78, 5) is 93.4. The van der Waals surface area contributed by atoms with Crippen molar-refractivity contribution in [1.29, 1.82) is 0 Å². The van der Waals surface area contributed by atoms with E-state index in [-0.39, 0.29) is 59.6 Å². The van der Waals surface area contributed by atoms with Crippen molar-refractivity contribution in [1.82, 2.24) is 39.5 Å². The molecule has 16 nitrogen and oxygen atoms in total. The number of aromatic nitrogens is 4. The van der Waals surface area contributed by atoms with Gasteiger partial charge < -0.3 is 33.8 Å². The van der Waals surface area contributed by atoms with Crippen LogP contribution in [0.3, 0.4) is 0 Å². The van der Waals surface area contributed by atoms with Gasteiger partial charge >= 0.3 is 0 Å². The van der Waals surface area contributed by atoms with Crippen molar-refractivity contribution >= 4 is 52.1 Å². The van der Waals surface area contributed by atoms with Crippen LogP contribution in [0.15, 0.2) is 48.9 Å². The molecule has 1 aromatic carbocycles. The number of likely N-dealkylation sites (tertiary alicyclic amines) is 3. The van der Waals surface area contributed by atoms with Crippen LogP contribution in [0.25, 0.3) is 22.3 Å². The second-order valence-electron chi connectivity index (χ2n) is 23.0. The van der Waals surface area contributed by atoms with Crippen LogP contribution < -0.4 is 19.9 Å². The number of rotatable bonds is 10. The molecule has 6 aliphatic heterocycles. The molecule has 12 rings (SSSR count).